The number of nitrogens with zero attached hydrogens (tertiary/aromatic N) is 3. The smallest absolute Gasteiger partial charge is 0.227 e. The molecular weight excluding hydrogens is 477 g/mol. The number of carbonyl (C=O) groups is 1. The first-order valence-corrected chi connectivity index (χ1v) is 10.8. The molecule has 2 saturated heterocycles. The van der Waals surface area contributed by atoms with E-state index in [0.717, 1.165) is 55.7 Å². The zero-order chi connectivity index (χ0) is 19.8. The van der Waals surface area contributed by atoms with E-state index in [2.05, 4.69) is 41.5 Å². The number of nitrogens with one attached hydrogen (secondary N) is 2. The number of hydrogen-bond donors (Lipinski definition) is 2. The van der Waals surface area contributed by atoms with Crippen LogP contribution in [0.5, 0.6) is 0 Å². The van der Waals surface area contributed by atoms with Gasteiger partial charge in [-0.05, 0) is 56.3 Å². The second-order valence-electron chi connectivity index (χ2n) is 7.99. The van der Waals surface area contributed by atoms with E-state index in [0.29, 0.717) is 13.0 Å². The maximum absolute atomic E-state index is 11.9. The molecule has 2 fully saturated rings. The summed E-state index contributed by atoms with van der Waals surface area (Å²) in [5.41, 5.74) is 2.15. The number of guanidine groups is 1. The Balaban J connectivity index is 0.00000300. The Kier molecular flexibility index (Phi) is 10.2. The predicted octanol–water partition coefficient (Wildman–Crippen LogP) is 3.22. The highest BCUT2D eigenvalue weighted by Gasteiger charge is 2.21. The molecule has 7 heteroatoms. The van der Waals surface area contributed by atoms with Crippen molar-refractivity contribution < 1.29 is 4.79 Å². The first kappa shape index (κ1) is 23.9. The Labute approximate surface area is 192 Å². The van der Waals surface area contributed by atoms with E-state index in [4.69, 9.17) is 4.99 Å². The molecule has 2 aliphatic heterocycles. The van der Waals surface area contributed by atoms with Crippen LogP contribution in [-0.2, 0) is 11.3 Å². The van der Waals surface area contributed by atoms with E-state index in [-0.39, 0.29) is 29.9 Å². The summed E-state index contributed by atoms with van der Waals surface area (Å²) in [5, 5.41) is 6.79. The summed E-state index contributed by atoms with van der Waals surface area (Å²) >= 11 is 0. The van der Waals surface area contributed by atoms with Gasteiger partial charge >= 0.3 is 0 Å². The normalized spacial score (nSPS) is 20.5. The molecule has 0 aliphatic carbocycles. The van der Waals surface area contributed by atoms with Crippen LogP contribution in [0, 0.1) is 5.92 Å². The number of benzene rings is 1. The third-order valence-corrected chi connectivity index (χ3v) is 5.55. The molecule has 2 heterocycles. The highest BCUT2D eigenvalue weighted by atomic mass is 127. The van der Waals surface area contributed by atoms with Crippen molar-refractivity contribution in [2.24, 2.45) is 10.9 Å². The topological polar surface area (TPSA) is 60.0 Å². The van der Waals surface area contributed by atoms with Gasteiger partial charge in [-0.15, -0.1) is 24.0 Å². The van der Waals surface area contributed by atoms with E-state index in [1.54, 1.807) is 0 Å². The Morgan fingerprint density at radius 2 is 1.97 bits per heavy atom. The molecule has 0 aromatic heterocycles. The molecule has 2 N–H and O–H groups in total. The zero-order valence-corrected chi connectivity index (χ0v) is 20.2. The minimum atomic E-state index is 0. The van der Waals surface area contributed by atoms with Gasteiger partial charge in [-0.1, -0.05) is 19.1 Å². The highest BCUT2D eigenvalue weighted by molar-refractivity contribution is 14.0. The van der Waals surface area contributed by atoms with Crippen LogP contribution in [0.25, 0.3) is 0 Å². The van der Waals surface area contributed by atoms with Crippen molar-refractivity contribution in [1.82, 2.24) is 15.5 Å². The average Bonchev–Trinajstić information content (AvgIpc) is 3.12. The van der Waals surface area contributed by atoms with Gasteiger partial charge in [0.05, 0.1) is 6.54 Å². The molecule has 0 saturated carbocycles. The van der Waals surface area contributed by atoms with E-state index < -0.39 is 0 Å². The summed E-state index contributed by atoms with van der Waals surface area (Å²) in [6, 6.07) is 8.21. The second kappa shape index (κ2) is 12.4. The second-order valence-corrected chi connectivity index (χ2v) is 7.99. The molecule has 0 spiro atoms. The summed E-state index contributed by atoms with van der Waals surface area (Å²) in [6.07, 6.45) is 4.30. The van der Waals surface area contributed by atoms with Gasteiger partial charge in [0.1, 0.15) is 0 Å². The lowest BCUT2D eigenvalue weighted by molar-refractivity contribution is -0.117. The first-order chi connectivity index (χ1) is 13.7. The Hall–Kier alpha value is -1.35. The third kappa shape index (κ3) is 7.44. The van der Waals surface area contributed by atoms with Crippen LogP contribution in [0.15, 0.2) is 29.3 Å². The van der Waals surface area contributed by atoms with E-state index in [1.165, 1.54) is 25.9 Å². The van der Waals surface area contributed by atoms with Gasteiger partial charge < -0.3 is 20.4 Å². The molecule has 0 radical (unpaired) electrons. The van der Waals surface area contributed by atoms with Crippen LogP contribution >= 0.6 is 24.0 Å². The summed E-state index contributed by atoms with van der Waals surface area (Å²) in [4.78, 5) is 21.0. The van der Waals surface area contributed by atoms with Crippen LogP contribution in [0.3, 0.4) is 0 Å². The van der Waals surface area contributed by atoms with Gasteiger partial charge in [0, 0.05) is 44.8 Å². The summed E-state index contributed by atoms with van der Waals surface area (Å²) in [6.45, 7) is 11.1. The Bertz CT molecular complexity index is 664. The predicted molar refractivity (Wildman–Crippen MR) is 131 cm³/mol. The molecule has 162 valence electrons. The summed E-state index contributed by atoms with van der Waals surface area (Å²) in [7, 11) is 0. The van der Waals surface area contributed by atoms with E-state index >= 15 is 0 Å². The van der Waals surface area contributed by atoms with Gasteiger partial charge in [-0.3, -0.25) is 4.79 Å². The number of halogens is 1. The van der Waals surface area contributed by atoms with E-state index in [9.17, 15) is 4.79 Å². The minimum absolute atomic E-state index is 0. The number of piperidine rings is 1. The van der Waals surface area contributed by atoms with Gasteiger partial charge in [-0.2, -0.15) is 0 Å². The fourth-order valence-corrected chi connectivity index (χ4v) is 4.04. The van der Waals surface area contributed by atoms with Gasteiger partial charge in [0.15, 0.2) is 5.96 Å². The monoisotopic (exact) mass is 513 g/mol. The largest absolute Gasteiger partial charge is 0.357 e. The van der Waals surface area contributed by atoms with Crippen molar-refractivity contribution >= 4 is 41.5 Å². The molecular formula is C22H36IN5O. The third-order valence-electron chi connectivity index (χ3n) is 5.55. The van der Waals surface area contributed by atoms with Crippen LogP contribution in [0.2, 0.25) is 0 Å². The number of rotatable bonds is 7. The molecule has 1 unspecified atom stereocenters. The number of hydrogen-bond acceptors (Lipinski definition) is 3. The molecule has 0 bridgehead atoms. The molecule has 1 atom stereocenters. The number of amides is 1. The fraction of sp³-hybridized carbons (Fsp3) is 0.636. The lowest BCUT2D eigenvalue weighted by Gasteiger charge is -2.30. The molecule has 2 aliphatic rings. The van der Waals surface area contributed by atoms with Crippen molar-refractivity contribution in [3.05, 3.63) is 29.8 Å². The fourth-order valence-electron chi connectivity index (χ4n) is 4.04. The minimum Gasteiger partial charge on any atom is -0.357 e. The van der Waals surface area contributed by atoms with Gasteiger partial charge in [0.25, 0.3) is 0 Å². The summed E-state index contributed by atoms with van der Waals surface area (Å²) in [5.74, 6) is 1.91. The maximum Gasteiger partial charge on any atom is 0.227 e. The molecule has 3 rings (SSSR count). The van der Waals surface area contributed by atoms with Crippen molar-refractivity contribution in [2.75, 3.05) is 44.2 Å². The number of likely N-dealkylation sites (tertiary alicyclic amines) is 1. The highest BCUT2D eigenvalue weighted by Crippen LogP contribution is 2.21. The molecule has 1 aromatic carbocycles. The quantitative estimate of drug-likeness (QED) is 0.334. The van der Waals surface area contributed by atoms with Crippen molar-refractivity contribution in [1.29, 1.82) is 0 Å². The maximum atomic E-state index is 11.9. The van der Waals surface area contributed by atoms with E-state index in [1.807, 2.05) is 17.0 Å². The summed E-state index contributed by atoms with van der Waals surface area (Å²) < 4.78 is 0. The molecule has 1 aromatic rings. The number of aliphatic imine (C=N–C) groups is 1. The number of carbonyl (C=O) groups excluding carboxylic acids is 1. The van der Waals surface area contributed by atoms with Crippen LogP contribution in [0.1, 0.15) is 45.1 Å². The standard InChI is InChI=1S/C22H35N5O.HI/c1-3-23-22(24-12-15-26-13-4-6-18(2)17-26)25-16-19-8-10-20(11-9-19)27-14-5-7-21(27)28;/h8-11,18H,3-7,12-17H2,1-2H3,(H2,23,24,25);1H. The SMILES string of the molecule is CCNC(=NCc1ccc(N2CCCC2=O)cc1)NCCN1CCCC(C)C1.I. The lowest BCUT2D eigenvalue weighted by Crippen LogP contribution is -2.43. The number of anilines is 1. The zero-order valence-electron chi connectivity index (χ0n) is 17.8. The van der Waals surface area contributed by atoms with Crippen LogP contribution < -0.4 is 15.5 Å². The van der Waals surface area contributed by atoms with Gasteiger partial charge in [0.2, 0.25) is 5.91 Å². The van der Waals surface area contributed by atoms with Crippen molar-refractivity contribution in [3.8, 4) is 0 Å². The Morgan fingerprint density at radius 3 is 2.62 bits per heavy atom. The molecule has 1 amide bonds. The lowest BCUT2D eigenvalue weighted by atomic mass is 10.0. The van der Waals surface area contributed by atoms with Crippen LogP contribution in [0.4, 0.5) is 5.69 Å². The average molecular weight is 513 g/mol. The first-order valence-electron chi connectivity index (χ1n) is 10.8. The van der Waals surface area contributed by atoms with Crippen LogP contribution in [-0.4, -0.2) is 56.0 Å². The molecule has 6 nitrogen and oxygen atoms in total. The van der Waals surface area contributed by atoms with Crippen molar-refractivity contribution in [3.63, 3.8) is 0 Å². The molecule has 29 heavy (non-hydrogen) atoms. The van der Waals surface area contributed by atoms with Gasteiger partial charge in [-0.25, -0.2) is 4.99 Å². The Morgan fingerprint density at radius 1 is 1.17 bits per heavy atom. The van der Waals surface area contributed by atoms with Crippen molar-refractivity contribution in [2.45, 2.75) is 46.1 Å².